The molecule has 94 valence electrons. The van der Waals surface area contributed by atoms with Gasteiger partial charge in [-0.1, -0.05) is 36.8 Å². The summed E-state index contributed by atoms with van der Waals surface area (Å²) in [5, 5.41) is 8.68. The van der Waals surface area contributed by atoms with Crippen LogP contribution in [0.15, 0.2) is 24.3 Å². The second kappa shape index (κ2) is 6.40. The average molecular weight is 235 g/mol. The van der Waals surface area contributed by atoms with Crippen molar-refractivity contribution in [1.29, 1.82) is 0 Å². The molecule has 1 N–H and O–H groups in total. The van der Waals surface area contributed by atoms with Gasteiger partial charge in [0.1, 0.15) is 0 Å². The number of carboxylic acid groups (broad SMARTS) is 1. The number of benzene rings is 1. The van der Waals surface area contributed by atoms with Gasteiger partial charge in [-0.25, -0.2) is 0 Å². The van der Waals surface area contributed by atoms with Crippen molar-refractivity contribution in [2.45, 2.75) is 20.3 Å². The van der Waals surface area contributed by atoms with E-state index >= 15 is 0 Å². The summed E-state index contributed by atoms with van der Waals surface area (Å²) in [6, 6.07) is 8.51. The molecule has 0 spiro atoms. The lowest BCUT2D eigenvalue weighted by atomic mass is 10.00. The summed E-state index contributed by atoms with van der Waals surface area (Å²) in [5.41, 5.74) is 2.58. The van der Waals surface area contributed by atoms with Crippen molar-refractivity contribution in [3.8, 4) is 0 Å². The average Bonchev–Trinajstić information content (AvgIpc) is 2.19. The van der Waals surface area contributed by atoms with E-state index < -0.39 is 5.97 Å². The van der Waals surface area contributed by atoms with Gasteiger partial charge in [0.05, 0.1) is 6.54 Å². The predicted octanol–water partition coefficient (Wildman–Crippen LogP) is 2.19. The number of aliphatic carboxylic acids is 1. The van der Waals surface area contributed by atoms with Crippen LogP contribution < -0.4 is 0 Å². The molecular formula is C14H21NO2. The number of aryl methyl sites for hydroxylation is 1. The zero-order valence-electron chi connectivity index (χ0n) is 10.8. The Hall–Kier alpha value is -1.35. The lowest BCUT2D eigenvalue weighted by Gasteiger charge is -2.19. The fourth-order valence-electron chi connectivity index (χ4n) is 2.02. The third kappa shape index (κ3) is 5.50. The van der Waals surface area contributed by atoms with Crippen LogP contribution in [-0.4, -0.2) is 36.1 Å². The van der Waals surface area contributed by atoms with E-state index in [2.05, 4.69) is 38.1 Å². The van der Waals surface area contributed by atoms with Crippen LogP contribution in [0.25, 0.3) is 0 Å². The quantitative estimate of drug-likeness (QED) is 0.821. The zero-order chi connectivity index (χ0) is 12.8. The molecule has 1 unspecified atom stereocenters. The first-order valence-corrected chi connectivity index (χ1v) is 5.93. The molecule has 1 atom stereocenters. The summed E-state index contributed by atoms with van der Waals surface area (Å²) in [7, 11) is 1.85. The minimum Gasteiger partial charge on any atom is -0.480 e. The van der Waals surface area contributed by atoms with Crippen LogP contribution in [0.5, 0.6) is 0 Å². The predicted molar refractivity (Wildman–Crippen MR) is 69.2 cm³/mol. The maximum absolute atomic E-state index is 10.5. The summed E-state index contributed by atoms with van der Waals surface area (Å²) >= 11 is 0. The molecule has 3 heteroatoms. The first-order chi connectivity index (χ1) is 7.97. The molecule has 1 aromatic carbocycles. The Labute approximate surface area is 103 Å². The molecule has 0 bridgehead atoms. The highest BCUT2D eigenvalue weighted by Crippen LogP contribution is 2.10. The highest BCUT2D eigenvalue weighted by Gasteiger charge is 2.09. The summed E-state index contributed by atoms with van der Waals surface area (Å²) in [6.45, 7) is 5.14. The van der Waals surface area contributed by atoms with Crippen LogP contribution in [0.1, 0.15) is 18.1 Å². The largest absolute Gasteiger partial charge is 0.480 e. The van der Waals surface area contributed by atoms with Gasteiger partial charge in [-0.2, -0.15) is 0 Å². The number of hydrogen-bond donors (Lipinski definition) is 1. The van der Waals surface area contributed by atoms with Crippen molar-refractivity contribution >= 4 is 5.97 Å². The van der Waals surface area contributed by atoms with Gasteiger partial charge in [0, 0.05) is 6.54 Å². The number of carbonyl (C=O) groups is 1. The van der Waals surface area contributed by atoms with Gasteiger partial charge in [-0.05, 0) is 31.9 Å². The number of likely N-dealkylation sites (N-methyl/N-ethyl adjacent to an activating group) is 1. The molecule has 0 aliphatic carbocycles. The monoisotopic (exact) mass is 235 g/mol. The molecule has 17 heavy (non-hydrogen) atoms. The lowest BCUT2D eigenvalue weighted by molar-refractivity contribution is -0.138. The molecule has 0 radical (unpaired) electrons. The molecule has 0 aromatic heterocycles. The van der Waals surface area contributed by atoms with Crippen molar-refractivity contribution in [3.63, 3.8) is 0 Å². The van der Waals surface area contributed by atoms with E-state index in [4.69, 9.17) is 5.11 Å². The summed E-state index contributed by atoms with van der Waals surface area (Å²) in [5.74, 6) is -0.308. The second-order valence-electron chi connectivity index (χ2n) is 4.89. The van der Waals surface area contributed by atoms with Crippen molar-refractivity contribution in [2.75, 3.05) is 20.1 Å². The second-order valence-corrected chi connectivity index (χ2v) is 4.89. The molecule has 0 saturated heterocycles. The van der Waals surface area contributed by atoms with E-state index in [-0.39, 0.29) is 6.54 Å². The van der Waals surface area contributed by atoms with E-state index in [1.807, 2.05) is 11.9 Å². The molecular weight excluding hydrogens is 214 g/mol. The Balaban J connectivity index is 2.41. The van der Waals surface area contributed by atoms with Crippen LogP contribution in [-0.2, 0) is 11.2 Å². The van der Waals surface area contributed by atoms with Crippen LogP contribution in [0.4, 0.5) is 0 Å². The topological polar surface area (TPSA) is 40.5 Å². The molecule has 1 rings (SSSR count). The smallest absolute Gasteiger partial charge is 0.317 e. The molecule has 0 amide bonds. The van der Waals surface area contributed by atoms with Gasteiger partial charge < -0.3 is 5.11 Å². The standard InChI is InChI=1S/C14H21NO2/c1-11-4-6-13(7-5-11)8-12(2)9-15(3)10-14(16)17/h4-7,12H,8-10H2,1-3H3,(H,16,17). The molecule has 0 aliphatic heterocycles. The Morgan fingerprint density at radius 3 is 2.47 bits per heavy atom. The summed E-state index contributed by atoms with van der Waals surface area (Å²) in [6.07, 6.45) is 0.990. The molecule has 0 aliphatic rings. The molecule has 3 nitrogen and oxygen atoms in total. The molecule has 1 aromatic rings. The van der Waals surface area contributed by atoms with E-state index in [0.717, 1.165) is 13.0 Å². The highest BCUT2D eigenvalue weighted by molar-refractivity contribution is 5.68. The van der Waals surface area contributed by atoms with Crippen LogP contribution in [0, 0.1) is 12.8 Å². The Bertz CT molecular complexity index is 359. The van der Waals surface area contributed by atoms with Crippen molar-refractivity contribution < 1.29 is 9.90 Å². The highest BCUT2D eigenvalue weighted by atomic mass is 16.4. The van der Waals surface area contributed by atoms with Crippen LogP contribution in [0.3, 0.4) is 0 Å². The number of hydrogen-bond acceptors (Lipinski definition) is 2. The SMILES string of the molecule is Cc1ccc(CC(C)CN(C)CC(=O)O)cc1. The minimum atomic E-state index is -0.768. The molecule has 0 heterocycles. The van der Waals surface area contributed by atoms with E-state index in [9.17, 15) is 4.79 Å². The number of rotatable bonds is 6. The van der Waals surface area contributed by atoms with Crippen molar-refractivity contribution in [2.24, 2.45) is 5.92 Å². The minimum absolute atomic E-state index is 0.109. The fraction of sp³-hybridized carbons (Fsp3) is 0.500. The van der Waals surface area contributed by atoms with E-state index in [0.29, 0.717) is 5.92 Å². The molecule has 0 saturated carbocycles. The van der Waals surface area contributed by atoms with E-state index in [1.54, 1.807) is 0 Å². The number of nitrogens with zero attached hydrogens (tertiary/aromatic N) is 1. The summed E-state index contributed by atoms with van der Waals surface area (Å²) < 4.78 is 0. The first kappa shape index (κ1) is 13.7. The normalized spacial score (nSPS) is 12.7. The maximum atomic E-state index is 10.5. The first-order valence-electron chi connectivity index (χ1n) is 5.93. The van der Waals surface area contributed by atoms with Gasteiger partial charge in [0.25, 0.3) is 0 Å². The van der Waals surface area contributed by atoms with Crippen molar-refractivity contribution in [3.05, 3.63) is 35.4 Å². The van der Waals surface area contributed by atoms with Gasteiger partial charge >= 0.3 is 5.97 Å². The summed E-state index contributed by atoms with van der Waals surface area (Å²) in [4.78, 5) is 12.4. The van der Waals surface area contributed by atoms with Gasteiger partial charge in [0.15, 0.2) is 0 Å². The van der Waals surface area contributed by atoms with E-state index in [1.165, 1.54) is 11.1 Å². The maximum Gasteiger partial charge on any atom is 0.317 e. The number of carboxylic acids is 1. The Morgan fingerprint density at radius 1 is 1.35 bits per heavy atom. The van der Waals surface area contributed by atoms with Gasteiger partial charge in [-0.3, -0.25) is 9.69 Å². The van der Waals surface area contributed by atoms with Gasteiger partial charge in [0.2, 0.25) is 0 Å². The fourth-order valence-corrected chi connectivity index (χ4v) is 2.02. The van der Waals surface area contributed by atoms with Crippen molar-refractivity contribution in [1.82, 2.24) is 4.90 Å². The third-order valence-corrected chi connectivity index (χ3v) is 2.73. The Morgan fingerprint density at radius 2 is 1.94 bits per heavy atom. The van der Waals surface area contributed by atoms with Gasteiger partial charge in [-0.15, -0.1) is 0 Å². The van der Waals surface area contributed by atoms with Crippen LogP contribution >= 0.6 is 0 Å². The molecule has 0 fully saturated rings. The third-order valence-electron chi connectivity index (χ3n) is 2.73. The Kier molecular flexibility index (Phi) is 5.16. The zero-order valence-corrected chi connectivity index (χ0v) is 10.8. The van der Waals surface area contributed by atoms with Crippen LogP contribution in [0.2, 0.25) is 0 Å². The lowest BCUT2D eigenvalue weighted by Crippen LogP contribution is -2.30.